The fourth-order valence-electron chi connectivity index (χ4n) is 2.36. The molecule has 114 valence electrons. The third-order valence-electron chi connectivity index (χ3n) is 3.81. The van der Waals surface area contributed by atoms with E-state index >= 15 is 0 Å². The highest BCUT2D eigenvalue weighted by atomic mass is 32.1. The average molecular weight is 288 g/mol. The lowest BCUT2D eigenvalue weighted by Crippen LogP contribution is -2.23. The van der Waals surface area contributed by atoms with Gasteiger partial charge in [0.15, 0.2) is 0 Å². The van der Waals surface area contributed by atoms with Crippen LogP contribution in [0.3, 0.4) is 0 Å². The van der Waals surface area contributed by atoms with Gasteiger partial charge >= 0.3 is 0 Å². The molecule has 0 aliphatic rings. The maximum absolute atomic E-state index is 10.9. The minimum Gasteiger partial charge on any atom is -0.384 e. The summed E-state index contributed by atoms with van der Waals surface area (Å²) in [5.41, 5.74) is 0. The summed E-state index contributed by atoms with van der Waals surface area (Å²) in [5.74, 6) is 0.0408. The van der Waals surface area contributed by atoms with Gasteiger partial charge < -0.3 is 5.11 Å². The minimum atomic E-state index is -0.887. The topological polar surface area (TPSA) is 37.3 Å². The van der Waals surface area contributed by atoms with Crippen molar-refractivity contribution in [3.05, 3.63) is 0 Å². The highest BCUT2D eigenvalue weighted by Gasteiger charge is 2.18. The van der Waals surface area contributed by atoms with Crippen molar-refractivity contribution in [1.82, 2.24) is 0 Å². The molecule has 0 aromatic carbocycles. The van der Waals surface area contributed by atoms with E-state index in [1.165, 1.54) is 57.8 Å². The number of thiol groups is 1. The van der Waals surface area contributed by atoms with Crippen LogP contribution in [0.25, 0.3) is 0 Å². The normalized spacial score (nSPS) is 14.3. The number of hydrogen-bond donors (Lipinski definition) is 2. The van der Waals surface area contributed by atoms with E-state index in [2.05, 4.69) is 19.6 Å². The van der Waals surface area contributed by atoms with E-state index < -0.39 is 11.2 Å². The highest BCUT2D eigenvalue weighted by Crippen LogP contribution is 2.17. The smallest absolute Gasteiger partial charge is 0.214 e. The Kier molecular flexibility index (Phi) is 13.0. The van der Waals surface area contributed by atoms with Gasteiger partial charge in [0, 0.05) is 0 Å². The Labute approximate surface area is 124 Å². The Bertz CT molecular complexity index is 219. The van der Waals surface area contributed by atoms with E-state index in [-0.39, 0.29) is 5.92 Å². The first-order valence-electron chi connectivity index (χ1n) is 8.00. The Balaban J connectivity index is 3.25. The molecule has 0 aliphatic heterocycles. The second-order valence-electron chi connectivity index (χ2n) is 5.73. The van der Waals surface area contributed by atoms with Gasteiger partial charge in [0.1, 0.15) is 6.10 Å². The molecule has 1 N–H and O–H groups in total. The summed E-state index contributed by atoms with van der Waals surface area (Å²) in [6.45, 7) is 4.17. The van der Waals surface area contributed by atoms with Crippen LogP contribution in [-0.4, -0.2) is 16.3 Å². The molecule has 0 aromatic rings. The molecule has 0 saturated carbocycles. The SMILES string of the molecule is CCCCCCCCCCCC[C@H](C)[C@H](O)C(=O)S. The Morgan fingerprint density at radius 1 is 0.947 bits per heavy atom. The van der Waals surface area contributed by atoms with Crippen molar-refractivity contribution in [2.45, 2.75) is 90.6 Å². The number of aliphatic hydroxyl groups excluding tert-OH is 1. The van der Waals surface area contributed by atoms with Gasteiger partial charge in [-0.25, -0.2) is 0 Å². The summed E-state index contributed by atoms with van der Waals surface area (Å²) in [4.78, 5) is 10.9. The van der Waals surface area contributed by atoms with Crippen LogP contribution < -0.4 is 0 Å². The predicted octanol–water partition coefficient (Wildman–Crippen LogP) is 4.75. The molecule has 0 amide bonds. The van der Waals surface area contributed by atoms with Gasteiger partial charge in [-0.15, -0.1) is 12.6 Å². The summed E-state index contributed by atoms with van der Waals surface area (Å²) < 4.78 is 0. The lowest BCUT2D eigenvalue weighted by molar-refractivity contribution is -0.120. The zero-order valence-corrected chi connectivity index (χ0v) is 13.6. The molecular formula is C16H32O2S. The van der Waals surface area contributed by atoms with Crippen LogP contribution in [0, 0.1) is 5.92 Å². The van der Waals surface area contributed by atoms with Crippen LogP contribution in [0.15, 0.2) is 0 Å². The quantitative estimate of drug-likeness (QED) is 0.379. The predicted molar refractivity (Wildman–Crippen MR) is 85.6 cm³/mol. The first-order chi connectivity index (χ1) is 9.09. The third kappa shape index (κ3) is 11.5. The summed E-state index contributed by atoms with van der Waals surface area (Å²) in [7, 11) is 0. The largest absolute Gasteiger partial charge is 0.384 e. The van der Waals surface area contributed by atoms with Gasteiger partial charge in [-0.1, -0.05) is 78.1 Å². The second kappa shape index (κ2) is 13.0. The lowest BCUT2D eigenvalue weighted by Gasteiger charge is -2.15. The van der Waals surface area contributed by atoms with Crippen molar-refractivity contribution < 1.29 is 9.90 Å². The van der Waals surface area contributed by atoms with Crippen LogP contribution in [0.4, 0.5) is 0 Å². The molecule has 2 nitrogen and oxygen atoms in total. The number of rotatable bonds is 13. The molecular weight excluding hydrogens is 256 g/mol. The first kappa shape index (κ1) is 19.0. The summed E-state index contributed by atoms with van der Waals surface area (Å²) in [6.07, 6.45) is 13.2. The molecule has 0 spiro atoms. The van der Waals surface area contributed by atoms with Gasteiger partial charge in [-0.2, -0.15) is 0 Å². The van der Waals surface area contributed by atoms with Crippen molar-refractivity contribution >= 4 is 17.7 Å². The van der Waals surface area contributed by atoms with Crippen molar-refractivity contribution in [3.63, 3.8) is 0 Å². The third-order valence-corrected chi connectivity index (χ3v) is 4.07. The van der Waals surface area contributed by atoms with Gasteiger partial charge in [-0.05, 0) is 12.3 Å². The number of unbranched alkanes of at least 4 members (excludes halogenated alkanes) is 9. The second-order valence-corrected chi connectivity index (χ2v) is 6.17. The molecule has 0 aromatic heterocycles. The molecule has 0 radical (unpaired) electrons. The number of aliphatic hydroxyl groups is 1. The van der Waals surface area contributed by atoms with Crippen LogP contribution in [0.5, 0.6) is 0 Å². The summed E-state index contributed by atoms with van der Waals surface area (Å²) >= 11 is 3.67. The van der Waals surface area contributed by atoms with Crippen molar-refractivity contribution in [1.29, 1.82) is 0 Å². The van der Waals surface area contributed by atoms with Crippen molar-refractivity contribution in [2.75, 3.05) is 0 Å². The zero-order chi connectivity index (χ0) is 14.5. The van der Waals surface area contributed by atoms with Crippen molar-refractivity contribution in [2.24, 2.45) is 5.92 Å². The molecule has 19 heavy (non-hydrogen) atoms. The fourth-order valence-corrected chi connectivity index (χ4v) is 2.61. The first-order valence-corrected chi connectivity index (χ1v) is 8.45. The molecule has 2 atom stereocenters. The van der Waals surface area contributed by atoms with Gasteiger partial charge in [-0.3, -0.25) is 4.79 Å². The van der Waals surface area contributed by atoms with E-state index in [9.17, 15) is 9.90 Å². The molecule has 0 rings (SSSR count). The lowest BCUT2D eigenvalue weighted by atomic mass is 9.97. The highest BCUT2D eigenvalue weighted by molar-refractivity contribution is 7.96. The molecule has 3 heteroatoms. The number of carbonyl (C=O) groups is 1. The van der Waals surface area contributed by atoms with Crippen LogP contribution >= 0.6 is 12.6 Å². The summed E-state index contributed by atoms with van der Waals surface area (Å²) in [5, 5.41) is 9.11. The average Bonchev–Trinajstić information content (AvgIpc) is 2.39. The Hall–Kier alpha value is -0.0200. The van der Waals surface area contributed by atoms with E-state index in [4.69, 9.17) is 0 Å². The molecule has 0 heterocycles. The fraction of sp³-hybridized carbons (Fsp3) is 0.938. The zero-order valence-electron chi connectivity index (χ0n) is 12.7. The Morgan fingerprint density at radius 2 is 1.37 bits per heavy atom. The standard InChI is InChI=1S/C16H32O2S/c1-3-4-5-6-7-8-9-10-11-12-13-14(2)15(17)16(18)19/h14-15,17H,3-13H2,1-2H3,(H,18,19)/t14-,15-/m0/s1. The van der Waals surface area contributed by atoms with Crippen molar-refractivity contribution in [3.8, 4) is 0 Å². The van der Waals surface area contributed by atoms with Gasteiger partial charge in [0.05, 0.1) is 0 Å². The molecule has 0 saturated heterocycles. The van der Waals surface area contributed by atoms with Crippen LogP contribution in [0.2, 0.25) is 0 Å². The van der Waals surface area contributed by atoms with E-state index in [0.29, 0.717) is 0 Å². The Morgan fingerprint density at radius 3 is 1.79 bits per heavy atom. The number of carbonyl (C=O) groups excluding carboxylic acids is 1. The summed E-state index contributed by atoms with van der Waals surface area (Å²) in [6, 6.07) is 0. The maximum Gasteiger partial charge on any atom is 0.214 e. The molecule has 0 aliphatic carbocycles. The van der Waals surface area contributed by atoms with Crippen LogP contribution in [0.1, 0.15) is 84.5 Å². The monoisotopic (exact) mass is 288 g/mol. The van der Waals surface area contributed by atoms with E-state index in [1.54, 1.807) is 0 Å². The van der Waals surface area contributed by atoms with Gasteiger partial charge in [0.25, 0.3) is 0 Å². The van der Waals surface area contributed by atoms with Gasteiger partial charge in [0.2, 0.25) is 5.12 Å². The minimum absolute atomic E-state index is 0.0408. The molecule has 0 unspecified atom stereocenters. The number of hydrogen-bond acceptors (Lipinski definition) is 2. The van der Waals surface area contributed by atoms with E-state index in [1.807, 2.05) is 6.92 Å². The molecule has 0 fully saturated rings. The molecule has 0 bridgehead atoms. The maximum atomic E-state index is 10.9. The van der Waals surface area contributed by atoms with E-state index in [0.717, 1.165) is 12.8 Å². The van der Waals surface area contributed by atoms with Crippen LogP contribution in [-0.2, 0) is 4.79 Å².